The number of rotatable bonds is 6. The third-order valence-electron chi connectivity index (χ3n) is 2.00. The van der Waals surface area contributed by atoms with E-state index in [1.807, 2.05) is 30.3 Å². The fourth-order valence-electron chi connectivity index (χ4n) is 1.24. The molecule has 4 nitrogen and oxygen atoms in total. The van der Waals surface area contributed by atoms with E-state index < -0.39 is 6.09 Å². The molecule has 1 amide bonds. The Balaban J connectivity index is 2.40. The summed E-state index contributed by atoms with van der Waals surface area (Å²) in [5.41, 5.74) is 0. The number of hydrogen-bond acceptors (Lipinski definition) is 3. The van der Waals surface area contributed by atoms with Crippen LogP contribution >= 0.6 is 11.8 Å². The lowest BCUT2D eigenvalue weighted by atomic mass is 10.2. The molecule has 0 radical (unpaired) electrons. The Morgan fingerprint density at radius 2 is 2.06 bits per heavy atom. The van der Waals surface area contributed by atoms with Gasteiger partial charge in [0.25, 0.3) is 0 Å². The topological polar surface area (TPSA) is 69.6 Å². The highest BCUT2D eigenvalue weighted by molar-refractivity contribution is 7.99. The molecule has 0 aromatic heterocycles. The quantitative estimate of drug-likeness (QED) is 0.664. The number of benzene rings is 1. The van der Waals surface area contributed by atoms with Crippen LogP contribution in [0.1, 0.15) is 6.42 Å². The average Bonchev–Trinajstić information content (AvgIpc) is 2.27. The molecule has 5 heteroatoms. The zero-order valence-corrected chi connectivity index (χ0v) is 9.61. The largest absolute Gasteiger partial charge is 0.465 e. The van der Waals surface area contributed by atoms with Gasteiger partial charge in [0.2, 0.25) is 0 Å². The Labute approximate surface area is 98.7 Å². The third-order valence-corrected chi connectivity index (χ3v) is 3.17. The lowest BCUT2D eigenvalue weighted by Crippen LogP contribution is -2.36. The van der Waals surface area contributed by atoms with Crippen molar-refractivity contribution in [1.29, 1.82) is 0 Å². The Morgan fingerprint density at radius 1 is 1.38 bits per heavy atom. The van der Waals surface area contributed by atoms with Crippen LogP contribution in [0, 0.1) is 0 Å². The van der Waals surface area contributed by atoms with Gasteiger partial charge in [-0.2, -0.15) is 0 Å². The number of nitrogens with one attached hydrogen (secondary N) is 1. The predicted octanol–water partition coefficient (Wildman–Crippen LogP) is 1.80. The Hall–Kier alpha value is -1.20. The number of thioether (sulfide) groups is 1. The lowest BCUT2D eigenvalue weighted by molar-refractivity contribution is 0.187. The molecule has 88 valence electrons. The maximum absolute atomic E-state index is 10.5. The third kappa shape index (κ3) is 5.04. The van der Waals surface area contributed by atoms with Gasteiger partial charge in [-0.25, -0.2) is 4.79 Å². The Morgan fingerprint density at radius 3 is 2.62 bits per heavy atom. The smallest absolute Gasteiger partial charge is 0.404 e. The van der Waals surface area contributed by atoms with Gasteiger partial charge in [-0.05, 0) is 18.6 Å². The van der Waals surface area contributed by atoms with E-state index in [-0.39, 0.29) is 12.6 Å². The van der Waals surface area contributed by atoms with E-state index in [0.717, 1.165) is 4.90 Å². The van der Waals surface area contributed by atoms with Crippen LogP contribution < -0.4 is 5.32 Å². The first kappa shape index (κ1) is 12.9. The first-order valence-corrected chi connectivity index (χ1v) is 5.99. The van der Waals surface area contributed by atoms with Gasteiger partial charge in [-0.3, -0.25) is 0 Å². The highest BCUT2D eigenvalue weighted by atomic mass is 32.2. The standard InChI is InChI=1S/C11H15NO3S/c13-7-6-9(12-11(14)15)8-16-10-4-2-1-3-5-10/h1-5,9,12-13H,6-8H2,(H,14,15). The second kappa shape index (κ2) is 7.14. The summed E-state index contributed by atoms with van der Waals surface area (Å²) in [6.45, 7) is -0.0136. The Kier molecular flexibility index (Phi) is 5.74. The molecule has 1 atom stereocenters. The summed E-state index contributed by atoms with van der Waals surface area (Å²) in [7, 11) is 0. The normalized spacial score (nSPS) is 12.1. The van der Waals surface area contributed by atoms with E-state index in [0.29, 0.717) is 12.2 Å². The first-order valence-electron chi connectivity index (χ1n) is 5.00. The predicted molar refractivity (Wildman–Crippen MR) is 63.8 cm³/mol. The zero-order chi connectivity index (χ0) is 11.8. The van der Waals surface area contributed by atoms with Gasteiger partial charge < -0.3 is 15.5 Å². The van der Waals surface area contributed by atoms with E-state index in [1.54, 1.807) is 11.8 Å². The van der Waals surface area contributed by atoms with E-state index in [9.17, 15) is 4.79 Å². The molecule has 16 heavy (non-hydrogen) atoms. The highest BCUT2D eigenvalue weighted by Crippen LogP contribution is 2.18. The number of aliphatic hydroxyl groups is 1. The van der Waals surface area contributed by atoms with E-state index in [1.165, 1.54) is 0 Å². The number of carbonyl (C=O) groups is 1. The fraction of sp³-hybridized carbons (Fsp3) is 0.364. The summed E-state index contributed by atoms with van der Waals surface area (Å²) in [5.74, 6) is 0.622. The second-order valence-electron chi connectivity index (χ2n) is 3.28. The van der Waals surface area contributed by atoms with E-state index in [4.69, 9.17) is 10.2 Å². The van der Waals surface area contributed by atoms with Crippen molar-refractivity contribution in [3.8, 4) is 0 Å². The molecule has 0 aliphatic rings. The van der Waals surface area contributed by atoms with E-state index >= 15 is 0 Å². The minimum Gasteiger partial charge on any atom is -0.465 e. The van der Waals surface area contributed by atoms with Gasteiger partial charge in [0.05, 0.1) is 0 Å². The van der Waals surface area contributed by atoms with Gasteiger partial charge in [-0.1, -0.05) is 18.2 Å². The zero-order valence-electron chi connectivity index (χ0n) is 8.80. The summed E-state index contributed by atoms with van der Waals surface area (Å²) in [6, 6.07) is 9.54. The van der Waals surface area contributed by atoms with Crippen molar-refractivity contribution < 1.29 is 15.0 Å². The molecule has 1 aromatic rings. The number of aliphatic hydroxyl groups excluding tert-OH is 1. The molecule has 0 aliphatic carbocycles. The van der Waals surface area contributed by atoms with Crippen molar-refractivity contribution in [2.75, 3.05) is 12.4 Å². The summed E-state index contributed by atoms with van der Waals surface area (Å²) in [5, 5.41) is 19.8. The van der Waals surface area contributed by atoms with Gasteiger partial charge in [0.1, 0.15) is 0 Å². The second-order valence-corrected chi connectivity index (χ2v) is 4.38. The van der Waals surface area contributed by atoms with Crippen LogP contribution in [0.15, 0.2) is 35.2 Å². The van der Waals surface area contributed by atoms with Crippen LogP contribution in [0.2, 0.25) is 0 Å². The van der Waals surface area contributed by atoms with Crippen molar-refractivity contribution in [2.45, 2.75) is 17.4 Å². The molecular formula is C11H15NO3S. The Bertz CT molecular complexity index is 318. The van der Waals surface area contributed by atoms with Crippen LogP contribution in [-0.2, 0) is 0 Å². The summed E-state index contributed by atoms with van der Waals surface area (Å²) >= 11 is 1.57. The van der Waals surface area contributed by atoms with Crippen molar-refractivity contribution in [1.82, 2.24) is 5.32 Å². The summed E-state index contributed by atoms with van der Waals surface area (Å²) in [4.78, 5) is 11.6. The lowest BCUT2D eigenvalue weighted by Gasteiger charge is -2.14. The molecule has 1 unspecified atom stereocenters. The molecule has 1 rings (SSSR count). The number of hydrogen-bond donors (Lipinski definition) is 3. The van der Waals surface area contributed by atoms with Gasteiger partial charge in [0, 0.05) is 23.3 Å². The average molecular weight is 241 g/mol. The molecule has 0 spiro atoms. The summed E-state index contributed by atoms with van der Waals surface area (Å²) in [6.07, 6.45) is -0.612. The monoisotopic (exact) mass is 241 g/mol. The van der Waals surface area contributed by atoms with Crippen LogP contribution in [-0.4, -0.2) is 34.7 Å². The molecular weight excluding hydrogens is 226 g/mol. The van der Waals surface area contributed by atoms with E-state index in [2.05, 4.69) is 5.32 Å². The minimum atomic E-state index is -1.05. The molecule has 0 saturated heterocycles. The first-order chi connectivity index (χ1) is 7.72. The highest BCUT2D eigenvalue weighted by Gasteiger charge is 2.10. The van der Waals surface area contributed by atoms with Gasteiger partial charge in [0.15, 0.2) is 0 Å². The summed E-state index contributed by atoms with van der Waals surface area (Å²) < 4.78 is 0. The SMILES string of the molecule is O=C(O)NC(CCO)CSc1ccccc1. The molecule has 0 saturated carbocycles. The molecule has 0 fully saturated rings. The molecule has 0 aliphatic heterocycles. The van der Waals surface area contributed by atoms with Crippen molar-refractivity contribution in [3.05, 3.63) is 30.3 Å². The van der Waals surface area contributed by atoms with Crippen molar-refractivity contribution in [2.24, 2.45) is 0 Å². The maximum atomic E-state index is 10.5. The van der Waals surface area contributed by atoms with Crippen LogP contribution in [0.5, 0.6) is 0 Å². The van der Waals surface area contributed by atoms with Crippen LogP contribution in [0.25, 0.3) is 0 Å². The van der Waals surface area contributed by atoms with Crippen molar-refractivity contribution >= 4 is 17.9 Å². The fourth-order valence-corrected chi connectivity index (χ4v) is 2.23. The number of amides is 1. The van der Waals surface area contributed by atoms with Gasteiger partial charge >= 0.3 is 6.09 Å². The van der Waals surface area contributed by atoms with Gasteiger partial charge in [-0.15, -0.1) is 11.8 Å². The maximum Gasteiger partial charge on any atom is 0.404 e. The van der Waals surface area contributed by atoms with Crippen LogP contribution in [0.3, 0.4) is 0 Å². The molecule has 1 aromatic carbocycles. The molecule has 0 heterocycles. The van der Waals surface area contributed by atoms with Crippen LogP contribution in [0.4, 0.5) is 4.79 Å². The van der Waals surface area contributed by atoms with Crippen molar-refractivity contribution in [3.63, 3.8) is 0 Å². The number of carboxylic acid groups (broad SMARTS) is 1. The minimum absolute atomic E-state index is 0.0136. The molecule has 0 bridgehead atoms. The molecule has 3 N–H and O–H groups in total.